The first kappa shape index (κ1) is 18.9. The molecule has 142 valence electrons. The lowest BCUT2D eigenvalue weighted by Gasteiger charge is -2.13. The molecule has 2 atom stereocenters. The molecule has 1 saturated carbocycles. The summed E-state index contributed by atoms with van der Waals surface area (Å²) in [6.45, 7) is 3.20. The molecule has 3 rings (SSSR count). The van der Waals surface area contributed by atoms with Gasteiger partial charge in [-0.05, 0) is 54.7 Å². The summed E-state index contributed by atoms with van der Waals surface area (Å²) in [5, 5.41) is 5.55. The molecule has 0 aliphatic heterocycles. The quantitative estimate of drug-likeness (QED) is 0.812. The topological polar surface area (TPSA) is 58.2 Å². The Labute approximate surface area is 154 Å². The Kier molecular flexibility index (Phi) is 4.95. The molecule has 2 amide bonds. The molecule has 4 nitrogen and oxygen atoms in total. The largest absolute Gasteiger partial charge is 0.416 e. The first-order chi connectivity index (χ1) is 12.7. The summed E-state index contributed by atoms with van der Waals surface area (Å²) in [6, 6.07) is 10.2. The van der Waals surface area contributed by atoms with E-state index in [9.17, 15) is 22.8 Å². The first-order valence-corrected chi connectivity index (χ1v) is 8.52. The lowest BCUT2D eigenvalue weighted by atomic mass is 10.1. The smallest absolute Gasteiger partial charge is 0.326 e. The third-order valence-corrected chi connectivity index (χ3v) is 4.70. The van der Waals surface area contributed by atoms with Gasteiger partial charge in [-0.2, -0.15) is 13.2 Å². The predicted molar refractivity (Wildman–Crippen MR) is 96.4 cm³/mol. The Balaban J connectivity index is 1.66. The number of hydrogen-bond acceptors (Lipinski definition) is 2. The molecule has 1 aliphatic carbocycles. The van der Waals surface area contributed by atoms with Crippen molar-refractivity contribution in [3.05, 3.63) is 59.2 Å². The molecule has 0 aromatic heterocycles. The minimum Gasteiger partial charge on any atom is -0.326 e. The Morgan fingerprint density at radius 3 is 2.15 bits per heavy atom. The van der Waals surface area contributed by atoms with Crippen molar-refractivity contribution in [3.8, 4) is 0 Å². The van der Waals surface area contributed by atoms with E-state index in [1.165, 1.54) is 19.1 Å². The van der Waals surface area contributed by atoms with E-state index in [0.717, 1.165) is 23.3 Å². The molecular weight excluding hydrogens is 357 g/mol. The monoisotopic (exact) mass is 376 g/mol. The summed E-state index contributed by atoms with van der Waals surface area (Å²) in [4.78, 5) is 23.7. The summed E-state index contributed by atoms with van der Waals surface area (Å²) >= 11 is 0. The number of alkyl halides is 3. The third-order valence-electron chi connectivity index (χ3n) is 4.70. The van der Waals surface area contributed by atoms with Crippen LogP contribution in [0.5, 0.6) is 0 Å². The molecule has 2 aromatic carbocycles. The summed E-state index contributed by atoms with van der Waals surface area (Å²) in [7, 11) is 0. The summed E-state index contributed by atoms with van der Waals surface area (Å²) in [5.74, 6) is -0.731. The van der Waals surface area contributed by atoms with Crippen LogP contribution < -0.4 is 10.6 Å². The SMILES string of the molecule is CC(=O)Nc1cccc(NC(=O)C2CC2c2ccc(C(F)(F)F)cc2)c1C. The molecule has 7 heteroatoms. The number of halogens is 3. The number of carbonyl (C=O) groups is 2. The van der Waals surface area contributed by atoms with Crippen molar-refractivity contribution in [2.24, 2.45) is 5.92 Å². The van der Waals surface area contributed by atoms with Crippen LogP contribution in [0.3, 0.4) is 0 Å². The second-order valence-corrected chi connectivity index (χ2v) is 6.72. The number of benzene rings is 2. The van der Waals surface area contributed by atoms with Gasteiger partial charge in [0.25, 0.3) is 0 Å². The van der Waals surface area contributed by atoms with Gasteiger partial charge in [0.05, 0.1) is 5.56 Å². The molecule has 1 aliphatic rings. The number of rotatable bonds is 4. The van der Waals surface area contributed by atoms with Gasteiger partial charge < -0.3 is 10.6 Å². The van der Waals surface area contributed by atoms with Gasteiger partial charge in [-0.1, -0.05) is 18.2 Å². The average Bonchev–Trinajstić information content (AvgIpc) is 3.38. The molecule has 2 aromatic rings. The molecule has 1 fully saturated rings. The number of nitrogens with one attached hydrogen (secondary N) is 2. The Hall–Kier alpha value is -2.83. The highest BCUT2D eigenvalue weighted by atomic mass is 19.4. The highest BCUT2D eigenvalue weighted by molar-refractivity contribution is 5.97. The van der Waals surface area contributed by atoms with Crippen LogP contribution in [0.4, 0.5) is 24.5 Å². The molecule has 0 bridgehead atoms. The van der Waals surface area contributed by atoms with E-state index in [4.69, 9.17) is 0 Å². The van der Waals surface area contributed by atoms with Gasteiger partial charge in [0.2, 0.25) is 11.8 Å². The van der Waals surface area contributed by atoms with Crippen molar-refractivity contribution in [1.82, 2.24) is 0 Å². The van der Waals surface area contributed by atoms with Crippen LogP contribution in [0.25, 0.3) is 0 Å². The van der Waals surface area contributed by atoms with Crippen molar-refractivity contribution in [2.75, 3.05) is 10.6 Å². The van der Waals surface area contributed by atoms with Gasteiger partial charge in [-0.15, -0.1) is 0 Å². The third kappa shape index (κ3) is 4.30. The van der Waals surface area contributed by atoms with Gasteiger partial charge in [-0.25, -0.2) is 0 Å². The van der Waals surface area contributed by atoms with Crippen LogP contribution in [-0.2, 0) is 15.8 Å². The fourth-order valence-corrected chi connectivity index (χ4v) is 3.09. The fourth-order valence-electron chi connectivity index (χ4n) is 3.09. The van der Waals surface area contributed by atoms with Crippen LogP contribution >= 0.6 is 0 Å². The van der Waals surface area contributed by atoms with E-state index in [1.54, 1.807) is 25.1 Å². The zero-order valence-electron chi connectivity index (χ0n) is 14.9. The molecule has 2 N–H and O–H groups in total. The van der Waals surface area contributed by atoms with Crippen LogP contribution in [0, 0.1) is 12.8 Å². The Morgan fingerprint density at radius 2 is 1.59 bits per heavy atom. The van der Waals surface area contributed by atoms with Crippen LogP contribution in [-0.4, -0.2) is 11.8 Å². The van der Waals surface area contributed by atoms with Gasteiger partial charge in [-0.3, -0.25) is 9.59 Å². The highest BCUT2D eigenvalue weighted by Gasteiger charge is 2.44. The molecule has 2 unspecified atom stereocenters. The summed E-state index contributed by atoms with van der Waals surface area (Å²) in [6.07, 6.45) is -3.77. The van der Waals surface area contributed by atoms with Crippen LogP contribution in [0.15, 0.2) is 42.5 Å². The van der Waals surface area contributed by atoms with Crippen molar-refractivity contribution >= 4 is 23.2 Å². The Morgan fingerprint density at radius 1 is 1.00 bits per heavy atom. The average molecular weight is 376 g/mol. The number of amides is 2. The zero-order valence-corrected chi connectivity index (χ0v) is 14.9. The summed E-state index contributed by atoms with van der Waals surface area (Å²) < 4.78 is 37.9. The van der Waals surface area contributed by atoms with Crippen LogP contribution in [0.2, 0.25) is 0 Å². The van der Waals surface area contributed by atoms with Crippen molar-refractivity contribution in [2.45, 2.75) is 32.4 Å². The van der Waals surface area contributed by atoms with E-state index >= 15 is 0 Å². The molecule has 27 heavy (non-hydrogen) atoms. The van der Waals surface area contributed by atoms with Crippen LogP contribution in [0.1, 0.15) is 36.0 Å². The molecule has 0 spiro atoms. The van der Waals surface area contributed by atoms with E-state index in [2.05, 4.69) is 10.6 Å². The lowest BCUT2D eigenvalue weighted by molar-refractivity contribution is -0.137. The first-order valence-electron chi connectivity index (χ1n) is 8.52. The van der Waals surface area contributed by atoms with Gasteiger partial charge in [0, 0.05) is 24.2 Å². The van der Waals surface area contributed by atoms with Crippen molar-refractivity contribution in [1.29, 1.82) is 0 Å². The van der Waals surface area contributed by atoms with E-state index in [1.807, 2.05) is 0 Å². The summed E-state index contributed by atoms with van der Waals surface area (Å²) in [5.41, 5.74) is 2.00. The van der Waals surface area contributed by atoms with Gasteiger partial charge >= 0.3 is 6.18 Å². The lowest BCUT2D eigenvalue weighted by Crippen LogP contribution is -2.16. The van der Waals surface area contributed by atoms with Gasteiger partial charge in [0.1, 0.15) is 0 Å². The molecule has 0 radical (unpaired) electrons. The Bertz CT molecular complexity index is 876. The maximum Gasteiger partial charge on any atom is 0.416 e. The normalized spacial score (nSPS) is 18.7. The second kappa shape index (κ2) is 7.06. The minimum absolute atomic E-state index is 0.0777. The second-order valence-electron chi connectivity index (χ2n) is 6.72. The molecular formula is C20H19F3N2O2. The zero-order chi connectivity index (χ0) is 19.8. The van der Waals surface area contributed by atoms with E-state index in [0.29, 0.717) is 17.8 Å². The van der Waals surface area contributed by atoms with Gasteiger partial charge in [0.15, 0.2) is 0 Å². The minimum atomic E-state index is -4.37. The maximum atomic E-state index is 12.6. The number of hydrogen-bond donors (Lipinski definition) is 2. The van der Waals surface area contributed by atoms with E-state index in [-0.39, 0.29) is 23.7 Å². The predicted octanol–water partition coefficient (Wildman–Crippen LogP) is 4.71. The van der Waals surface area contributed by atoms with E-state index < -0.39 is 11.7 Å². The fraction of sp³-hybridized carbons (Fsp3) is 0.300. The molecule has 0 saturated heterocycles. The van der Waals surface area contributed by atoms with Crippen molar-refractivity contribution in [3.63, 3.8) is 0 Å². The number of carbonyl (C=O) groups excluding carboxylic acids is 2. The number of anilines is 2. The highest BCUT2D eigenvalue weighted by Crippen LogP contribution is 2.48. The standard InChI is InChI=1S/C20H19F3N2O2/c1-11-17(24-12(2)26)4-3-5-18(11)25-19(27)16-10-15(16)13-6-8-14(9-7-13)20(21,22)23/h3-9,15-16H,10H2,1-2H3,(H,24,26)(H,25,27). The molecule has 0 heterocycles. The van der Waals surface area contributed by atoms with Crippen molar-refractivity contribution < 1.29 is 22.8 Å². The maximum absolute atomic E-state index is 12.6.